The van der Waals surface area contributed by atoms with Crippen LogP contribution in [0.5, 0.6) is 0 Å². The number of aromatic nitrogens is 4. The molecule has 0 saturated heterocycles. The molecule has 0 spiro atoms. The predicted molar refractivity (Wildman–Crippen MR) is 215 cm³/mol. The Balaban J connectivity index is 1.02. The van der Waals surface area contributed by atoms with E-state index in [1.54, 1.807) is 0 Å². The van der Waals surface area contributed by atoms with Gasteiger partial charge in [-0.25, -0.2) is 19.9 Å². The number of fused-ring (bicyclic) bond motifs is 4. The fourth-order valence-corrected chi connectivity index (χ4v) is 6.73. The molecule has 0 aliphatic carbocycles. The third-order valence-electron chi connectivity index (χ3n) is 9.42. The first kappa shape index (κ1) is 25.7. The van der Waals surface area contributed by atoms with Crippen LogP contribution in [-0.2, 0) is 0 Å². The van der Waals surface area contributed by atoms with Crippen molar-refractivity contribution in [3.63, 3.8) is 0 Å². The SMILES string of the molecule is [2H]c1c([2H])c([2H])c(-c2nc(-c3ccc(-c4ccc(-c5cc(-c6ccccc6)nc(-c6ccc7ccccc7n6)n5)cc4)cc3)cc3c2oc2ccccc23)c([2H])c1[2H]. The van der Waals surface area contributed by atoms with Crippen molar-refractivity contribution in [2.45, 2.75) is 0 Å². The average Bonchev–Trinajstić information content (AvgIpc) is 3.66. The summed E-state index contributed by atoms with van der Waals surface area (Å²) in [6.07, 6.45) is 0. The maximum atomic E-state index is 8.71. The van der Waals surface area contributed by atoms with Gasteiger partial charge in [-0.15, -0.1) is 0 Å². The van der Waals surface area contributed by atoms with Crippen molar-refractivity contribution in [2.24, 2.45) is 0 Å². The molecule has 248 valence electrons. The Morgan fingerprint density at radius 2 is 1.02 bits per heavy atom. The molecule has 0 radical (unpaired) electrons. The van der Waals surface area contributed by atoms with Crippen LogP contribution in [0.25, 0.3) is 101 Å². The Kier molecular flexibility index (Phi) is 6.21. The van der Waals surface area contributed by atoms with E-state index < -0.39 is 18.1 Å². The number of nitrogens with zero attached hydrogens (tertiary/aromatic N) is 4. The van der Waals surface area contributed by atoms with Crippen molar-refractivity contribution in [1.82, 2.24) is 19.9 Å². The molecule has 0 N–H and O–H groups in total. The minimum Gasteiger partial charge on any atom is -0.454 e. The van der Waals surface area contributed by atoms with Gasteiger partial charge in [-0.2, -0.15) is 0 Å². The highest BCUT2D eigenvalue weighted by molar-refractivity contribution is 6.10. The molecular formula is C48H30N4O. The lowest BCUT2D eigenvalue weighted by Gasteiger charge is -2.11. The molecule has 0 atom stereocenters. The average molecular weight is 684 g/mol. The summed E-state index contributed by atoms with van der Waals surface area (Å²) >= 11 is 0. The van der Waals surface area contributed by atoms with Crippen LogP contribution < -0.4 is 0 Å². The highest BCUT2D eigenvalue weighted by atomic mass is 16.3. The van der Waals surface area contributed by atoms with E-state index in [1.165, 1.54) is 0 Å². The molecule has 0 amide bonds. The lowest BCUT2D eigenvalue weighted by atomic mass is 9.99. The van der Waals surface area contributed by atoms with E-state index in [2.05, 4.69) is 24.3 Å². The topological polar surface area (TPSA) is 64.7 Å². The first-order valence-electron chi connectivity index (χ1n) is 19.7. The monoisotopic (exact) mass is 683 g/mol. The smallest absolute Gasteiger partial charge is 0.179 e. The summed E-state index contributed by atoms with van der Waals surface area (Å²) in [4.78, 5) is 19.8. The van der Waals surface area contributed by atoms with Crippen LogP contribution in [-0.4, -0.2) is 19.9 Å². The van der Waals surface area contributed by atoms with Gasteiger partial charge in [0.15, 0.2) is 11.4 Å². The molecule has 10 rings (SSSR count). The standard InChI is InChI=1S/C48H30N4O/c1-3-11-33(12-4-1)43-30-44(52-48(51-43)41-28-27-34-13-7-9-17-40(34)49-41)36-25-21-32(22-26-36)31-19-23-35(24-20-31)42-29-39-38-16-8-10-18-45(38)53-47(39)46(50-42)37-14-5-2-6-15-37/h1-30H/i2D,5D,6D,14D,15D. The van der Waals surface area contributed by atoms with E-state index in [4.69, 9.17) is 31.2 Å². The number of furan rings is 1. The zero-order valence-corrected chi connectivity index (χ0v) is 28.1. The summed E-state index contributed by atoms with van der Waals surface area (Å²) in [5.41, 5.74) is 9.63. The Labute approximate surface area is 313 Å². The van der Waals surface area contributed by atoms with Gasteiger partial charge >= 0.3 is 0 Å². The molecule has 0 bridgehead atoms. The van der Waals surface area contributed by atoms with Gasteiger partial charge < -0.3 is 4.42 Å². The number of para-hydroxylation sites is 2. The lowest BCUT2D eigenvalue weighted by molar-refractivity contribution is 0.668. The Morgan fingerprint density at radius 1 is 0.415 bits per heavy atom. The van der Waals surface area contributed by atoms with Crippen LogP contribution in [0.15, 0.2) is 186 Å². The summed E-state index contributed by atoms with van der Waals surface area (Å²) in [6.45, 7) is 0. The normalized spacial score (nSPS) is 12.7. The summed E-state index contributed by atoms with van der Waals surface area (Å²) in [7, 11) is 0. The molecule has 4 aromatic heterocycles. The fraction of sp³-hybridized carbons (Fsp3) is 0. The number of benzene rings is 6. The summed E-state index contributed by atoms with van der Waals surface area (Å²) in [5, 5.41) is 2.63. The van der Waals surface area contributed by atoms with Crippen LogP contribution in [0.4, 0.5) is 0 Å². The minimum absolute atomic E-state index is 0.00570. The molecule has 4 heterocycles. The zero-order valence-electron chi connectivity index (χ0n) is 33.1. The molecule has 10 aromatic rings. The van der Waals surface area contributed by atoms with Crippen molar-refractivity contribution in [1.29, 1.82) is 0 Å². The number of pyridine rings is 2. The van der Waals surface area contributed by atoms with Crippen LogP contribution in [0.3, 0.4) is 0 Å². The molecule has 0 aliphatic rings. The van der Waals surface area contributed by atoms with Gasteiger partial charge in [0, 0.05) is 38.4 Å². The maximum Gasteiger partial charge on any atom is 0.179 e. The largest absolute Gasteiger partial charge is 0.454 e. The second-order valence-electron chi connectivity index (χ2n) is 12.7. The molecule has 0 aliphatic heterocycles. The molecule has 6 aromatic carbocycles. The van der Waals surface area contributed by atoms with E-state index in [0.717, 1.165) is 60.9 Å². The third kappa shape index (κ3) is 5.71. The Morgan fingerprint density at radius 3 is 1.75 bits per heavy atom. The minimum atomic E-state index is -0.462. The maximum absolute atomic E-state index is 8.71. The van der Waals surface area contributed by atoms with Gasteiger partial charge in [0.2, 0.25) is 0 Å². The van der Waals surface area contributed by atoms with Crippen molar-refractivity contribution in [3.8, 4) is 67.7 Å². The van der Waals surface area contributed by atoms with Gasteiger partial charge in [0.1, 0.15) is 17.0 Å². The summed E-state index contributed by atoms with van der Waals surface area (Å²) < 4.78 is 48.4. The van der Waals surface area contributed by atoms with Gasteiger partial charge in [-0.05, 0) is 41.5 Å². The second-order valence-corrected chi connectivity index (χ2v) is 12.7. The fourth-order valence-electron chi connectivity index (χ4n) is 6.73. The van der Waals surface area contributed by atoms with Gasteiger partial charge in [0.25, 0.3) is 0 Å². The molecule has 5 heteroatoms. The Hall–Kier alpha value is -7.24. The van der Waals surface area contributed by atoms with Crippen molar-refractivity contribution >= 4 is 32.8 Å². The quantitative estimate of drug-likeness (QED) is 0.175. The molecule has 5 nitrogen and oxygen atoms in total. The predicted octanol–water partition coefficient (Wildman–Crippen LogP) is 12.3. The molecule has 0 unspecified atom stereocenters. The highest BCUT2D eigenvalue weighted by Gasteiger charge is 2.17. The zero-order chi connectivity index (χ0) is 39.5. The second kappa shape index (κ2) is 12.8. The van der Waals surface area contributed by atoms with Crippen LogP contribution in [0.2, 0.25) is 0 Å². The van der Waals surface area contributed by atoms with Gasteiger partial charge in [-0.1, -0.05) is 152 Å². The highest BCUT2D eigenvalue weighted by Crippen LogP contribution is 2.38. The van der Waals surface area contributed by atoms with Crippen LogP contribution in [0.1, 0.15) is 6.85 Å². The van der Waals surface area contributed by atoms with Gasteiger partial charge in [0.05, 0.1) is 29.5 Å². The molecule has 0 saturated carbocycles. The lowest BCUT2D eigenvalue weighted by Crippen LogP contribution is -1.97. The van der Waals surface area contributed by atoms with E-state index in [9.17, 15) is 0 Å². The molecule has 0 fully saturated rings. The van der Waals surface area contributed by atoms with Crippen LogP contribution >= 0.6 is 0 Å². The van der Waals surface area contributed by atoms with E-state index >= 15 is 0 Å². The first-order valence-corrected chi connectivity index (χ1v) is 17.2. The van der Waals surface area contributed by atoms with E-state index in [-0.39, 0.29) is 23.3 Å². The Bertz CT molecular complexity index is 3190. The van der Waals surface area contributed by atoms with Crippen molar-refractivity contribution in [3.05, 3.63) is 182 Å². The number of hydrogen-bond donors (Lipinski definition) is 0. The summed E-state index contributed by atoms with van der Waals surface area (Å²) in [5.74, 6) is 0.548. The van der Waals surface area contributed by atoms with E-state index in [0.29, 0.717) is 28.4 Å². The van der Waals surface area contributed by atoms with Crippen molar-refractivity contribution in [2.75, 3.05) is 0 Å². The molecule has 53 heavy (non-hydrogen) atoms. The number of rotatable bonds is 6. The molecular weight excluding hydrogens is 649 g/mol. The van der Waals surface area contributed by atoms with Gasteiger partial charge in [-0.3, -0.25) is 0 Å². The van der Waals surface area contributed by atoms with E-state index in [1.807, 2.05) is 127 Å². The van der Waals surface area contributed by atoms with Crippen molar-refractivity contribution < 1.29 is 11.3 Å². The number of hydrogen-bond acceptors (Lipinski definition) is 5. The summed E-state index contributed by atoms with van der Waals surface area (Å²) in [6, 6.07) is 47.8. The third-order valence-corrected chi connectivity index (χ3v) is 9.42. The first-order chi connectivity index (χ1) is 28.3. The van der Waals surface area contributed by atoms with Crippen LogP contribution in [0, 0.1) is 0 Å².